The van der Waals surface area contributed by atoms with Crippen LogP contribution < -0.4 is 4.90 Å². The van der Waals surface area contributed by atoms with Crippen molar-refractivity contribution in [3.63, 3.8) is 0 Å². The lowest BCUT2D eigenvalue weighted by molar-refractivity contribution is -0.140. The molecule has 1 unspecified atom stereocenters. The Hall–Kier alpha value is -2.66. The third-order valence-corrected chi connectivity index (χ3v) is 6.50. The Kier molecular flexibility index (Phi) is 6.71. The zero-order valence-corrected chi connectivity index (χ0v) is 18.3. The summed E-state index contributed by atoms with van der Waals surface area (Å²) < 4.78 is 0. The first kappa shape index (κ1) is 21.6. The molecule has 1 aliphatic carbocycles. The Morgan fingerprint density at radius 3 is 2.23 bits per heavy atom. The number of rotatable bonds is 5. The SMILES string of the molecule is O=C1CC(N(C(=O)Cc2ccccc2)C2CCCCCC2)C(=O)N1c1ccc(Cl)cc1. The molecule has 0 radical (unpaired) electrons. The van der Waals surface area contributed by atoms with E-state index in [0.29, 0.717) is 10.7 Å². The zero-order chi connectivity index (χ0) is 21.8. The van der Waals surface area contributed by atoms with Gasteiger partial charge in [-0.25, -0.2) is 4.90 Å². The third kappa shape index (κ3) is 4.82. The summed E-state index contributed by atoms with van der Waals surface area (Å²) in [5.41, 5.74) is 1.41. The molecule has 5 nitrogen and oxygen atoms in total. The van der Waals surface area contributed by atoms with E-state index in [1.165, 1.54) is 4.90 Å². The second-order valence-corrected chi connectivity index (χ2v) is 8.81. The molecule has 1 aliphatic heterocycles. The highest BCUT2D eigenvalue weighted by molar-refractivity contribution is 6.30. The summed E-state index contributed by atoms with van der Waals surface area (Å²) in [7, 11) is 0. The monoisotopic (exact) mass is 438 g/mol. The van der Waals surface area contributed by atoms with Crippen molar-refractivity contribution >= 4 is 35.0 Å². The van der Waals surface area contributed by atoms with Crippen LogP contribution in [-0.4, -0.2) is 34.7 Å². The van der Waals surface area contributed by atoms with Crippen molar-refractivity contribution in [2.24, 2.45) is 0 Å². The molecule has 4 rings (SSSR count). The second kappa shape index (κ2) is 9.65. The lowest BCUT2D eigenvalue weighted by atomic mass is 10.0. The van der Waals surface area contributed by atoms with Crippen LogP contribution in [0.5, 0.6) is 0 Å². The van der Waals surface area contributed by atoms with Gasteiger partial charge in [-0.15, -0.1) is 0 Å². The molecule has 3 amide bonds. The minimum absolute atomic E-state index is 0.00868. The maximum Gasteiger partial charge on any atom is 0.257 e. The Morgan fingerprint density at radius 1 is 0.935 bits per heavy atom. The van der Waals surface area contributed by atoms with Crippen LogP contribution in [0.25, 0.3) is 0 Å². The molecule has 2 aromatic rings. The zero-order valence-electron chi connectivity index (χ0n) is 17.5. The highest BCUT2D eigenvalue weighted by Crippen LogP contribution is 2.31. The molecule has 6 heteroatoms. The summed E-state index contributed by atoms with van der Waals surface area (Å²) >= 11 is 5.96. The molecule has 0 N–H and O–H groups in total. The summed E-state index contributed by atoms with van der Waals surface area (Å²) in [4.78, 5) is 42.7. The molecule has 0 aromatic heterocycles. The van der Waals surface area contributed by atoms with Gasteiger partial charge in [0.1, 0.15) is 6.04 Å². The molecule has 1 atom stereocenters. The van der Waals surface area contributed by atoms with Gasteiger partial charge in [0.25, 0.3) is 5.91 Å². The van der Waals surface area contributed by atoms with Crippen molar-refractivity contribution in [1.82, 2.24) is 4.90 Å². The van der Waals surface area contributed by atoms with Crippen molar-refractivity contribution in [2.75, 3.05) is 4.90 Å². The lowest BCUT2D eigenvalue weighted by Gasteiger charge is -2.35. The van der Waals surface area contributed by atoms with Crippen LogP contribution in [0.2, 0.25) is 5.02 Å². The van der Waals surface area contributed by atoms with Crippen LogP contribution in [0, 0.1) is 0 Å². The number of nitrogens with zero attached hydrogens (tertiary/aromatic N) is 2. The maximum atomic E-state index is 13.5. The maximum absolute atomic E-state index is 13.5. The van der Waals surface area contributed by atoms with Crippen LogP contribution >= 0.6 is 11.6 Å². The Balaban J connectivity index is 1.62. The molecule has 162 valence electrons. The van der Waals surface area contributed by atoms with Crippen LogP contribution in [-0.2, 0) is 20.8 Å². The van der Waals surface area contributed by atoms with Gasteiger partial charge in [-0.2, -0.15) is 0 Å². The molecule has 1 heterocycles. The van der Waals surface area contributed by atoms with E-state index in [9.17, 15) is 14.4 Å². The first-order valence-electron chi connectivity index (χ1n) is 11.0. The van der Waals surface area contributed by atoms with E-state index < -0.39 is 6.04 Å². The van der Waals surface area contributed by atoms with Crippen molar-refractivity contribution in [1.29, 1.82) is 0 Å². The molecule has 0 spiro atoms. The minimum atomic E-state index is -0.748. The van der Waals surface area contributed by atoms with E-state index in [0.717, 1.165) is 44.1 Å². The quantitative estimate of drug-likeness (QED) is 0.499. The fraction of sp³-hybridized carbons (Fsp3) is 0.400. The summed E-state index contributed by atoms with van der Waals surface area (Å²) in [5.74, 6) is -0.677. The first-order chi connectivity index (χ1) is 15.0. The van der Waals surface area contributed by atoms with Gasteiger partial charge in [0, 0.05) is 11.1 Å². The van der Waals surface area contributed by atoms with Gasteiger partial charge in [0.2, 0.25) is 11.8 Å². The first-order valence-corrected chi connectivity index (χ1v) is 11.4. The van der Waals surface area contributed by atoms with Crippen LogP contribution in [0.4, 0.5) is 5.69 Å². The molecule has 2 aromatic carbocycles. The third-order valence-electron chi connectivity index (χ3n) is 6.25. The summed E-state index contributed by atoms with van der Waals surface area (Å²) in [6.45, 7) is 0. The Labute approximate surface area is 188 Å². The second-order valence-electron chi connectivity index (χ2n) is 8.37. The van der Waals surface area contributed by atoms with Gasteiger partial charge < -0.3 is 4.90 Å². The fourth-order valence-corrected chi connectivity index (χ4v) is 4.85. The number of carbonyl (C=O) groups excluding carboxylic acids is 3. The number of amides is 3. The molecule has 31 heavy (non-hydrogen) atoms. The van der Waals surface area contributed by atoms with E-state index in [4.69, 9.17) is 11.6 Å². The van der Waals surface area contributed by atoms with E-state index in [2.05, 4.69) is 0 Å². The number of anilines is 1. The topological polar surface area (TPSA) is 57.7 Å². The van der Waals surface area contributed by atoms with Crippen LogP contribution in [0.15, 0.2) is 54.6 Å². The van der Waals surface area contributed by atoms with E-state index in [-0.39, 0.29) is 36.6 Å². The van der Waals surface area contributed by atoms with E-state index >= 15 is 0 Å². The number of hydrogen-bond donors (Lipinski definition) is 0. The normalized spacial score (nSPS) is 20.0. The van der Waals surface area contributed by atoms with Gasteiger partial charge in [-0.1, -0.05) is 67.6 Å². The van der Waals surface area contributed by atoms with Crippen molar-refractivity contribution in [2.45, 2.75) is 63.5 Å². The summed E-state index contributed by atoms with van der Waals surface area (Å²) in [5, 5.41) is 0.539. The van der Waals surface area contributed by atoms with Gasteiger partial charge >= 0.3 is 0 Å². The Bertz CT molecular complexity index is 937. The van der Waals surface area contributed by atoms with E-state index in [1.54, 1.807) is 29.2 Å². The molecule has 2 aliphatic rings. The number of halogens is 1. The summed E-state index contributed by atoms with van der Waals surface area (Å²) in [6.07, 6.45) is 6.37. The predicted octanol–water partition coefficient (Wildman–Crippen LogP) is 4.77. The molecule has 1 saturated heterocycles. The van der Waals surface area contributed by atoms with E-state index in [1.807, 2.05) is 30.3 Å². The van der Waals surface area contributed by atoms with Gasteiger partial charge in [-0.05, 0) is 42.7 Å². The van der Waals surface area contributed by atoms with Crippen molar-refractivity contribution in [3.05, 3.63) is 65.2 Å². The highest BCUT2D eigenvalue weighted by atomic mass is 35.5. The number of imide groups is 1. The molecular weight excluding hydrogens is 412 g/mol. The smallest absolute Gasteiger partial charge is 0.257 e. The van der Waals surface area contributed by atoms with Gasteiger partial charge in [0.15, 0.2) is 0 Å². The van der Waals surface area contributed by atoms with Crippen molar-refractivity contribution < 1.29 is 14.4 Å². The van der Waals surface area contributed by atoms with Crippen LogP contribution in [0.3, 0.4) is 0 Å². The standard InChI is InChI=1S/C25H27ClN2O3/c26-19-12-14-21(15-13-19)28-24(30)17-22(25(28)31)27(20-10-6-1-2-7-11-20)23(29)16-18-8-4-3-5-9-18/h3-5,8-9,12-15,20,22H,1-2,6-7,10-11,16-17H2. The van der Waals surface area contributed by atoms with Gasteiger partial charge in [-0.3, -0.25) is 14.4 Å². The molecular formula is C25H27ClN2O3. The molecule has 2 fully saturated rings. The summed E-state index contributed by atoms with van der Waals surface area (Å²) in [6, 6.07) is 15.5. The highest BCUT2D eigenvalue weighted by Gasteiger charge is 2.46. The van der Waals surface area contributed by atoms with Gasteiger partial charge in [0.05, 0.1) is 18.5 Å². The Morgan fingerprint density at radius 2 is 1.58 bits per heavy atom. The van der Waals surface area contributed by atoms with Crippen molar-refractivity contribution in [3.8, 4) is 0 Å². The average molecular weight is 439 g/mol. The number of carbonyl (C=O) groups is 3. The average Bonchev–Trinajstić information content (AvgIpc) is 2.93. The lowest BCUT2D eigenvalue weighted by Crippen LogP contribution is -2.51. The largest absolute Gasteiger partial charge is 0.327 e. The molecule has 1 saturated carbocycles. The predicted molar refractivity (Wildman–Crippen MR) is 121 cm³/mol. The number of benzene rings is 2. The van der Waals surface area contributed by atoms with Crippen LogP contribution in [0.1, 0.15) is 50.5 Å². The molecule has 0 bridgehead atoms. The fourth-order valence-electron chi connectivity index (χ4n) is 4.72. The minimum Gasteiger partial charge on any atom is -0.327 e. The number of hydrogen-bond acceptors (Lipinski definition) is 3.